The van der Waals surface area contributed by atoms with E-state index in [0.717, 1.165) is 11.3 Å². The first-order valence-electron chi connectivity index (χ1n) is 5.35. The van der Waals surface area contributed by atoms with Gasteiger partial charge in [0, 0.05) is 18.1 Å². The van der Waals surface area contributed by atoms with Gasteiger partial charge < -0.3 is 5.32 Å². The lowest BCUT2D eigenvalue weighted by Crippen LogP contribution is -2.14. The molecule has 0 saturated heterocycles. The van der Waals surface area contributed by atoms with Crippen molar-refractivity contribution in [2.45, 2.75) is 13.3 Å². The van der Waals surface area contributed by atoms with Gasteiger partial charge in [0.15, 0.2) is 0 Å². The van der Waals surface area contributed by atoms with Gasteiger partial charge in [0.05, 0.1) is 18.3 Å². The first-order chi connectivity index (χ1) is 8.24. The first kappa shape index (κ1) is 11.3. The molecule has 2 aromatic rings. The highest BCUT2D eigenvalue weighted by Crippen LogP contribution is 2.06. The summed E-state index contributed by atoms with van der Waals surface area (Å²) in [5.41, 5.74) is 2.53. The van der Waals surface area contributed by atoms with E-state index < -0.39 is 0 Å². The average molecular weight is 227 g/mol. The molecule has 0 atom stereocenters. The molecule has 0 spiro atoms. The number of anilines is 1. The Hall–Kier alpha value is -2.23. The van der Waals surface area contributed by atoms with Crippen LogP contribution in [-0.4, -0.2) is 15.9 Å². The molecule has 4 heteroatoms. The maximum absolute atomic E-state index is 11.7. The molecule has 4 nitrogen and oxygen atoms in total. The predicted octanol–water partition coefficient (Wildman–Crippen LogP) is 1.97. The molecule has 0 bridgehead atoms. The van der Waals surface area contributed by atoms with Crippen LogP contribution >= 0.6 is 0 Å². The molecule has 0 fully saturated rings. The molecule has 0 aliphatic carbocycles. The molecule has 2 aromatic heterocycles. The number of carbonyl (C=O) groups is 1. The molecule has 2 heterocycles. The Bertz CT molecular complexity index is 494. The van der Waals surface area contributed by atoms with Crippen LogP contribution < -0.4 is 5.32 Å². The number of pyridine rings is 2. The molecule has 0 aliphatic rings. The standard InChI is InChI=1S/C13H13N3O/c1-10-4-5-12(9-15-10)16-13(17)7-11-3-2-6-14-8-11/h2-6,8-9H,7H2,1H3,(H,16,17). The van der Waals surface area contributed by atoms with Crippen molar-refractivity contribution in [3.8, 4) is 0 Å². The van der Waals surface area contributed by atoms with Crippen LogP contribution in [0.25, 0.3) is 0 Å². The SMILES string of the molecule is Cc1ccc(NC(=O)Cc2cccnc2)cn1. The van der Waals surface area contributed by atoms with Gasteiger partial charge in [0.1, 0.15) is 0 Å². The maximum Gasteiger partial charge on any atom is 0.228 e. The van der Waals surface area contributed by atoms with Gasteiger partial charge in [-0.3, -0.25) is 14.8 Å². The molecule has 2 rings (SSSR count). The monoisotopic (exact) mass is 227 g/mol. The number of rotatable bonds is 3. The van der Waals surface area contributed by atoms with Crippen LogP contribution in [0.3, 0.4) is 0 Å². The summed E-state index contributed by atoms with van der Waals surface area (Å²) in [5, 5.41) is 2.79. The molecule has 1 amide bonds. The lowest BCUT2D eigenvalue weighted by molar-refractivity contribution is -0.115. The van der Waals surface area contributed by atoms with Crippen LogP contribution in [0.15, 0.2) is 42.9 Å². The Morgan fingerprint density at radius 2 is 2.18 bits per heavy atom. The van der Waals surface area contributed by atoms with Gasteiger partial charge in [-0.15, -0.1) is 0 Å². The maximum atomic E-state index is 11.7. The zero-order chi connectivity index (χ0) is 12.1. The Kier molecular flexibility index (Phi) is 3.45. The number of hydrogen-bond donors (Lipinski definition) is 1. The van der Waals surface area contributed by atoms with Gasteiger partial charge in [-0.2, -0.15) is 0 Å². The summed E-state index contributed by atoms with van der Waals surface area (Å²) in [4.78, 5) is 19.8. The molecular weight excluding hydrogens is 214 g/mol. The lowest BCUT2D eigenvalue weighted by atomic mass is 10.2. The second-order valence-electron chi connectivity index (χ2n) is 3.77. The number of hydrogen-bond acceptors (Lipinski definition) is 3. The fraction of sp³-hybridized carbons (Fsp3) is 0.154. The summed E-state index contributed by atoms with van der Waals surface area (Å²) in [6.45, 7) is 1.90. The van der Waals surface area contributed by atoms with E-state index in [1.807, 2.05) is 31.2 Å². The largest absolute Gasteiger partial charge is 0.324 e. The summed E-state index contributed by atoms with van der Waals surface area (Å²) < 4.78 is 0. The molecule has 0 unspecified atom stereocenters. The minimum absolute atomic E-state index is 0.0661. The topological polar surface area (TPSA) is 54.9 Å². The number of aromatic nitrogens is 2. The van der Waals surface area contributed by atoms with Gasteiger partial charge >= 0.3 is 0 Å². The normalized spacial score (nSPS) is 9.94. The third kappa shape index (κ3) is 3.38. The molecule has 0 saturated carbocycles. The van der Waals surface area contributed by atoms with E-state index in [-0.39, 0.29) is 5.91 Å². The van der Waals surface area contributed by atoms with Crippen molar-refractivity contribution in [2.75, 3.05) is 5.32 Å². The molecule has 86 valence electrons. The molecule has 0 aliphatic heterocycles. The molecule has 0 aromatic carbocycles. The van der Waals surface area contributed by atoms with Crippen molar-refractivity contribution in [3.05, 3.63) is 54.1 Å². The van der Waals surface area contributed by atoms with E-state index in [9.17, 15) is 4.79 Å². The number of amides is 1. The van der Waals surface area contributed by atoms with Crippen LogP contribution in [0, 0.1) is 6.92 Å². The smallest absolute Gasteiger partial charge is 0.228 e. The molecule has 0 radical (unpaired) electrons. The lowest BCUT2D eigenvalue weighted by Gasteiger charge is -2.04. The van der Waals surface area contributed by atoms with Gasteiger partial charge in [-0.1, -0.05) is 6.07 Å². The van der Waals surface area contributed by atoms with Crippen LogP contribution in [0.5, 0.6) is 0 Å². The zero-order valence-electron chi connectivity index (χ0n) is 9.55. The van der Waals surface area contributed by atoms with Crippen LogP contribution in [0.1, 0.15) is 11.3 Å². The predicted molar refractivity (Wildman–Crippen MR) is 65.5 cm³/mol. The van der Waals surface area contributed by atoms with Crippen LogP contribution in [-0.2, 0) is 11.2 Å². The third-order valence-corrected chi connectivity index (χ3v) is 2.28. The average Bonchev–Trinajstić information content (AvgIpc) is 2.33. The summed E-state index contributed by atoms with van der Waals surface area (Å²) in [6, 6.07) is 7.39. The fourth-order valence-corrected chi connectivity index (χ4v) is 1.44. The number of carbonyl (C=O) groups excluding carboxylic acids is 1. The Morgan fingerprint density at radius 1 is 1.29 bits per heavy atom. The van der Waals surface area contributed by atoms with Crippen molar-refractivity contribution >= 4 is 11.6 Å². The second-order valence-corrected chi connectivity index (χ2v) is 3.77. The van der Waals surface area contributed by atoms with Crippen molar-refractivity contribution in [3.63, 3.8) is 0 Å². The summed E-state index contributed by atoms with van der Waals surface area (Å²) in [6.07, 6.45) is 5.34. The zero-order valence-corrected chi connectivity index (χ0v) is 9.55. The Labute approximate surface area is 99.7 Å². The minimum atomic E-state index is -0.0661. The quantitative estimate of drug-likeness (QED) is 0.872. The minimum Gasteiger partial charge on any atom is -0.324 e. The van der Waals surface area contributed by atoms with E-state index in [2.05, 4.69) is 15.3 Å². The van der Waals surface area contributed by atoms with Crippen molar-refractivity contribution in [1.82, 2.24) is 9.97 Å². The van der Waals surface area contributed by atoms with Crippen molar-refractivity contribution in [1.29, 1.82) is 0 Å². The molecule has 17 heavy (non-hydrogen) atoms. The molecule has 1 N–H and O–H groups in total. The van der Waals surface area contributed by atoms with E-state index >= 15 is 0 Å². The second kappa shape index (κ2) is 5.21. The van der Waals surface area contributed by atoms with E-state index in [1.165, 1.54) is 0 Å². The Morgan fingerprint density at radius 3 is 2.82 bits per heavy atom. The van der Waals surface area contributed by atoms with Gasteiger partial charge in [-0.25, -0.2) is 0 Å². The third-order valence-electron chi connectivity index (χ3n) is 2.28. The summed E-state index contributed by atoms with van der Waals surface area (Å²) in [7, 11) is 0. The highest BCUT2D eigenvalue weighted by atomic mass is 16.1. The van der Waals surface area contributed by atoms with Crippen molar-refractivity contribution < 1.29 is 4.79 Å². The first-order valence-corrected chi connectivity index (χ1v) is 5.35. The Balaban J connectivity index is 1.96. The van der Waals surface area contributed by atoms with Crippen LogP contribution in [0.2, 0.25) is 0 Å². The van der Waals surface area contributed by atoms with Crippen LogP contribution in [0.4, 0.5) is 5.69 Å². The molecular formula is C13H13N3O. The summed E-state index contributed by atoms with van der Waals surface area (Å²) >= 11 is 0. The number of nitrogens with one attached hydrogen (secondary N) is 1. The van der Waals surface area contributed by atoms with Gasteiger partial charge in [-0.05, 0) is 30.7 Å². The van der Waals surface area contributed by atoms with E-state index in [4.69, 9.17) is 0 Å². The fourth-order valence-electron chi connectivity index (χ4n) is 1.44. The highest BCUT2D eigenvalue weighted by molar-refractivity contribution is 5.92. The summed E-state index contributed by atoms with van der Waals surface area (Å²) in [5.74, 6) is -0.0661. The van der Waals surface area contributed by atoms with Gasteiger partial charge in [0.2, 0.25) is 5.91 Å². The van der Waals surface area contributed by atoms with Crippen molar-refractivity contribution in [2.24, 2.45) is 0 Å². The highest BCUT2D eigenvalue weighted by Gasteiger charge is 2.03. The van der Waals surface area contributed by atoms with E-state index in [0.29, 0.717) is 12.1 Å². The van der Waals surface area contributed by atoms with E-state index in [1.54, 1.807) is 18.6 Å². The number of aryl methyl sites for hydroxylation is 1. The van der Waals surface area contributed by atoms with Gasteiger partial charge in [0.25, 0.3) is 0 Å². The number of nitrogens with zero attached hydrogens (tertiary/aromatic N) is 2.